The zero-order chi connectivity index (χ0) is 23.8. The molecular formula is C23H29Cl2N3O3S. The minimum atomic E-state index is -3.62. The van der Waals surface area contributed by atoms with E-state index in [1.165, 1.54) is 4.31 Å². The van der Waals surface area contributed by atoms with Gasteiger partial charge in [0.2, 0.25) is 15.9 Å². The zero-order valence-corrected chi connectivity index (χ0v) is 21.3. The smallest absolute Gasteiger partial charge is 0.243 e. The summed E-state index contributed by atoms with van der Waals surface area (Å²) >= 11 is 12.1. The SMILES string of the molecule is Cc1cc(C)c(C)c(S(=O)(=O)N2CCN([C@H](C)C(=O)Nc3cc(Cl)ccc3Cl)CC2)c1C. The lowest BCUT2D eigenvalue weighted by Gasteiger charge is -2.37. The van der Waals surface area contributed by atoms with Gasteiger partial charge in [0.1, 0.15) is 0 Å². The van der Waals surface area contributed by atoms with Crippen molar-refractivity contribution in [1.82, 2.24) is 9.21 Å². The molecule has 32 heavy (non-hydrogen) atoms. The predicted molar refractivity (Wildman–Crippen MR) is 130 cm³/mol. The van der Waals surface area contributed by atoms with Crippen LogP contribution in [0.3, 0.4) is 0 Å². The van der Waals surface area contributed by atoms with E-state index in [1.807, 2.05) is 38.7 Å². The number of hydrogen-bond donors (Lipinski definition) is 1. The quantitative estimate of drug-likeness (QED) is 0.656. The van der Waals surface area contributed by atoms with Crippen molar-refractivity contribution >= 4 is 44.8 Å². The first-order valence-corrected chi connectivity index (χ1v) is 12.7. The molecule has 1 aliphatic rings. The molecule has 0 aliphatic carbocycles. The summed E-state index contributed by atoms with van der Waals surface area (Å²) in [5, 5.41) is 3.70. The van der Waals surface area contributed by atoms with Gasteiger partial charge in [0.15, 0.2) is 0 Å². The molecule has 1 fully saturated rings. The summed E-state index contributed by atoms with van der Waals surface area (Å²) in [7, 11) is -3.62. The van der Waals surface area contributed by atoms with Crippen molar-refractivity contribution in [3.05, 3.63) is 56.6 Å². The number of halogens is 2. The summed E-state index contributed by atoms with van der Waals surface area (Å²) in [5.41, 5.74) is 3.98. The molecule has 3 rings (SSSR count). The summed E-state index contributed by atoms with van der Waals surface area (Å²) in [6, 6.07) is 6.47. The topological polar surface area (TPSA) is 69.7 Å². The maximum absolute atomic E-state index is 13.5. The van der Waals surface area contributed by atoms with Crippen molar-refractivity contribution in [3.63, 3.8) is 0 Å². The Hall–Kier alpha value is -1.64. The fourth-order valence-corrected chi connectivity index (χ4v) is 6.36. The Morgan fingerprint density at radius 3 is 2.09 bits per heavy atom. The zero-order valence-electron chi connectivity index (χ0n) is 19.0. The molecule has 0 saturated carbocycles. The highest BCUT2D eigenvalue weighted by Crippen LogP contribution is 2.30. The number of anilines is 1. The van der Waals surface area contributed by atoms with Crippen LogP contribution in [0.25, 0.3) is 0 Å². The Bertz CT molecular complexity index is 1120. The van der Waals surface area contributed by atoms with Crippen molar-refractivity contribution < 1.29 is 13.2 Å². The first kappa shape index (κ1) is 25.0. The van der Waals surface area contributed by atoms with Gasteiger partial charge >= 0.3 is 0 Å². The van der Waals surface area contributed by atoms with Crippen LogP contribution in [0, 0.1) is 27.7 Å². The maximum Gasteiger partial charge on any atom is 0.243 e. The van der Waals surface area contributed by atoms with E-state index in [1.54, 1.807) is 25.1 Å². The molecule has 0 radical (unpaired) electrons. The van der Waals surface area contributed by atoms with Gasteiger partial charge in [-0.25, -0.2) is 8.42 Å². The lowest BCUT2D eigenvalue weighted by Crippen LogP contribution is -2.54. The summed E-state index contributed by atoms with van der Waals surface area (Å²) in [6.45, 7) is 11.0. The van der Waals surface area contributed by atoms with Gasteiger partial charge in [-0.2, -0.15) is 4.31 Å². The summed E-state index contributed by atoms with van der Waals surface area (Å²) in [5.74, 6) is -0.216. The Morgan fingerprint density at radius 1 is 0.969 bits per heavy atom. The average molecular weight is 498 g/mol. The first-order chi connectivity index (χ1) is 14.9. The van der Waals surface area contributed by atoms with Gasteiger partial charge in [0, 0.05) is 31.2 Å². The average Bonchev–Trinajstić information content (AvgIpc) is 2.74. The standard InChI is InChI=1S/C23H29Cl2N3O3S/c1-14-12-15(2)17(4)22(16(14)3)32(30,31)28-10-8-27(9-11-28)18(5)23(29)26-21-13-19(24)6-7-20(21)25/h6-7,12-13,18H,8-11H2,1-5H3,(H,26,29)/t18-/m1/s1. The number of aryl methyl sites for hydroxylation is 2. The molecule has 1 amide bonds. The summed E-state index contributed by atoms with van der Waals surface area (Å²) in [6.07, 6.45) is 0. The minimum Gasteiger partial charge on any atom is -0.323 e. The molecule has 2 aromatic carbocycles. The van der Waals surface area contributed by atoms with E-state index in [-0.39, 0.29) is 5.91 Å². The lowest BCUT2D eigenvalue weighted by molar-refractivity contribution is -0.121. The van der Waals surface area contributed by atoms with E-state index in [0.717, 1.165) is 22.3 Å². The second kappa shape index (κ2) is 9.69. The fraction of sp³-hybridized carbons (Fsp3) is 0.435. The molecule has 0 unspecified atom stereocenters. The van der Waals surface area contributed by atoms with Gasteiger partial charge in [0.25, 0.3) is 0 Å². The predicted octanol–water partition coefficient (Wildman–Crippen LogP) is 4.56. The third kappa shape index (κ3) is 4.97. The molecular weight excluding hydrogens is 469 g/mol. The van der Waals surface area contributed by atoms with Crippen molar-refractivity contribution in [2.45, 2.75) is 45.6 Å². The van der Waals surface area contributed by atoms with Crippen LogP contribution < -0.4 is 5.32 Å². The molecule has 0 aromatic heterocycles. The third-order valence-electron chi connectivity index (χ3n) is 6.28. The van der Waals surface area contributed by atoms with Crippen LogP contribution in [0.2, 0.25) is 10.0 Å². The molecule has 1 N–H and O–H groups in total. The van der Waals surface area contributed by atoms with Crippen molar-refractivity contribution in [2.75, 3.05) is 31.5 Å². The van der Waals surface area contributed by atoms with Crippen LogP contribution in [0.5, 0.6) is 0 Å². The molecule has 1 aliphatic heterocycles. The number of sulfonamides is 1. The largest absolute Gasteiger partial charge is 0.323 e. The van der Waals surface area contributed by atoms with Crippen molar-refractivity contribution in [2.24, 2.45) is 0 Å². The molecule has 0 spiro atoms. The third-order valence-corrected chi connectivity index (χ3v) is 9.02. The number of nitrogens with one attached hydrogen (secondary N) is 1. The number of carbonyl (C=O) groups is 1. The molecule has 9 heteroatoms. The van der Waals surface area contributed by atoms with Gasteiger partial charge < -0.3 is 5.32 Å². The van der Waals surface area contributed by atoms with Crippen molar-refractivity contribution in [3.8, 4) is 0 Å². The van der Waals surface area contributed by atoms with Crippen LogP contribution >= 0.6 is 23.2 Å². The van der Waals surface area contributed by atoms with E-state index in [4.69, 9.17) is 23.2 Å². The van der Waals surface area contributed by atoms with Crippen LogP contribution in [-0.4, -0.2) is 55.8 Å². The lowest BCUT2D eigenvalue weighted by atomic mass is 10.0. The van der Waals surface area contributed by atoms with Gasteiger partial charge in [-0.15, -0.1) is 0 Å². The molecule has 1 heterocycles. The van der Waals surface area contributed by atoms with Crippen LogP contribution in [0.4, 0.5) is 5.69 Å². The molecule has 0 bridgehead atoms. The number of rotatable bonds is 5. The summed E-state index contributed by atoms with van der Waals surface area (Å²) < 4.78 is 28.4. The molecule has 6 nitrogen and oxygen atoms in total. The maximum atomic E-state index is 13.5. The Kier molecular flexibility index (Phi) is 7.57. The Morgan fingerprint density at radius 2 is 1.53 bits per heavy atom. The molecule has 1 atom stereocenters. The molecule has 2 aromatic rings. The van der Waals surface area contributed by atoms with E-state index < -0.39 is 16.1 Å². The first-order valence-electron chi connectivity index (χ1n) is 10.5. The highest BCUT2D eigenvalue weighted by atomic mass is 35.5. The molecule has 1 saturated heterocycles. The van der Waals surface area contributed by atoms with Crippen LogP contribution in [0.1, 0.15) is 29.2 Å². The molecule has 174 valence electrons. The van der Waals surface area contributed by atoms with Gasteiger partial charge in [0.05, 0.1) is 21.6 Å². The fourth-order valence-electron chi connectivity index (χ4n) is 4.02. The van der Waals surface area contributed by atoms with Gasteiger partial charge in [-0.05, 0) is 75.1 Å². The van der Waals surface area contributed by atoms with Crippen LogP contribution in [0.15, 0.2) is 29.2 Å². The second-order valence-electron chi connectivity index (χ2n) is 8.32. The second-order valence-corrected chi connectivity index (χ2v) is 11.0. The number of hydrogen-bond acceptors (Lipinski definition) is 4. The van der Waals surface area contributed by atoms with Crippen molar-refractivity contribution in [1.29, 1.82) is 0 Å². The van der Waals surface area contributed by atoms with E-state index in [0.29, 0.717) is 46.8 Å². The normalized spacial score (nSPS) is 16.7. The Balaban J connectivity index is 1.71. The highest BCUT2D eigenvalue weighted by Gasteiger charge is 2.34. The number of piperazine rings is 1. The minimum absolute atomic E-state index is 0.216. The van der Waals surface area contributed by atoms with E-state index in [2.05, 4.69) is 5.32 Å². The highest BCUT2D eigenvalue weighted by molar-refractivity contribution is 7.89. The number of nitrogens with zero attached hydrogens (tertiary/aromatic N) is 2. The number of benzene rings is 2. The monoisotopic (exact) mass is 497 g/mol. The van der Waals surface area contributed by atoms with E-state index in [9.17, 15) is 13.2 Å². The van der Waals surface area contributed by atoms with Gasteiger partial charge in [-0.3, -0.25) is 9.69 Å². The summed E-state index contributed by atoms with van der Waals surface area (Å²) in [4.78, 5) is 15.1. The number of carbonyl (C=O) groups excluding carboxylic acids is 1. The Labute approximate surface area is 200 Å². The van der Waals surface area contributed by atoms with E-state index >= 15 is 0 Å². The van der Waals surface area contributed by atoms with Gasteiger partial charge in [-0.1, -0.05) is 29.3 Å². The number of amides is 1. The van der Waals surface area contributed by atoms with Crippen LogP contribution in [-0.2, 0) is 14.8 Å².